The molecular formula is C14H16N2O2. The molecule has 0 bridgehead atoms. The molecule has 18 heavy (non-hydrogen) atoms. The molecule has 0 aliphatic rings. The molecule has 1 aromatic carbocycles. The smallest absolute Gasteiger partial charge is 0.323 e. The van der Waals surface area contributed by atoms with Gasteiger partial charge in [0.15, 0.2) is 0 Å². The van der Waals surface area contributed by atoms with E-state index in [0.29, 0.717) is 13.0 Å². The first-order valence-electron chi connectivity index (χ1n) is 5.96. The fourth-order valence-corrected chi connectivity index (χ4v) is 1.81. The van der Waals surface area contributed by atoms with E-state index in [4.69, 9.17) is 10.5 Å². The average molecular weight is 244 g/mol. The molecule has 2 rings (SSSR count). The predicted octanol–water partition coefficient (Wildman–Crippen LogP) is 1.67. The van der Waals surface area contributed by atoms with Crippen LogP contribution in [0.15, 0.2) is 36.5 Å². The van der Waals surface area contributed by atoms with Gasteiger partial charge >= 0.3 is 5.97 Å². The number of esters is 1. The predicted molar refractivity (Wildman–Crippen MR) is 70.1 cm³/mol. The number of aromatic nitrogens is 1. The molecule has 0 aliphatic heterocycles. The Morgan fingerprint density at radius 2 is 2.22 bits per heavy atom. The molecule has 94 valence electrons. The number of rotatable bonds is 4. The van der Waals surface area contributed by atoms with Crippen molar-refractivity contribution in [3.63, 3.8) is 0 Å². The molecule has 4 nitrogen and oxygen atoms in total. The fourth-order valence-electron chi connectivity index (χ4n) is 1.81. The van der Waals surface area contributed by atoms with Gasteiger partial charge in [-0.05, 0) is 31.0 Å². The van der Waals surface area contributed by atoms with Crippen molar-refractivity contribution >= 4 is 16.9 Å². The summed E-state index contributed by atoms with van der Waals surface area (Å²) in [5, 5.41) is 1.05. The minimum Gasteiger partial charge on any atom is -0.465 e. The Balaban J connectivity index is 2.14. The van der Waals surface area contributed by atoms with Crippen molar-refractivity contribution in [1.82, 2.24) is 4.98 Å². The number of carbonyl (C=O) groups excluding carboxylic acids is 1. The Morgan fingerprint density at radius 1 is 1.44 bits per heavy atom. The molecule has 2 N–H and O–H groups in total. The Kier molecular flexibility index (Phi) is 3.89. The molecule has 0 radical (unpaired) electrons. The first-order chi connectivity index (χ1) is 8.70. The summed E-state index contributed by atoms with van der Waals surface area (Å²) in [4.78, 5) is 15.8. The molecule has 4 heteroatoms. The third-order valence-corrected chi connectivity index (χ3v) is 2.69. The third kappa shape index (κ3) is 2.84. The van der Waals surface area contributed by atoms with Gasteiger partial charge in [0.1, 0.15) is 6.04 Å². The number of nitrogens with zero attached hydrogens (tertiary/aromatic N) is 1. The van der Waals surface area contributed by atoms with Gasteiger partial charge in [-0.15, -0.1) is 0 Å². The number of pyridine rings is 1. The zero-order valence-corrected chi connectivity index (χ0v) is 10.3. The fraction of sp³-hybridized carbons (Fsp3) is 0.286. The summed E-state index contributed by atoms with van der Waals surface area (Å²) in [7, 11) is 0. The lowest BCUT2D eigenvalue weighted by Crippen LogP contribution is -2.34. The number of carbonyl (C=O) groups is 1. The lowest BCUT2D eigenvalue weighted by molar-refractivity contribution is -0.144. The van der Waals surface area contributed by atoms with E-state index in [9.17, 15) is 4.79 Å². The molecule has 0 saturated heterocycles. The number of hydrogen-bond acceptors (Lipinski definition) is 4. The van der Waals surface area contributed by atoms with Crippen molar-refractivity contribution in [2.24, 2.45) is 5.73 Å². The second-order valence-electron chi connectivity index (χ2n) is 4.10. The van der Waals surface area contributed by atoms with E-state index in [1.807, 2.05) is 30.3 Å². The molecule has 0 unspecified atom stereocenters. The largest absolute Gasteiger partial charge is 0.465 e. The zero-order valence-electron chi connectivity index (χ0n) is 10.3. The highest BCUT2D eigenvalue weighted by Gasteiger charge is 2.15. The van der Waals surface area contributed by atoms with Crippen LogP contribution in [0.5, 0.6) is 0 Å². The van der Waals surface area contributed by atoms with Crippen molar-refractivity contribution < 1.29 is 9.53 Å². The van der Waals surface area contributed by atoms with E-state index in [2.05, 4.69) is 4.98 Å². The number of fused-ring (bicyclic) bond motifs is 1. The Hall–Kier alpha value is -1.94. The Labute approximate surface area is 106 Å². The molecule has 0 saturated carbocycles. The Bertz CT molecular complexity index is 554. The summed E-state index contributed by atoms with van der Waals surface area (Å²) >= 11 is 0. The number of ether oxygens (including phenoxy) is 1. The highest BCUT2D eigenvalue weighted by Crippen LogP contribution is 2.13. The normalized spacial score (nSPS) is 12.3. The summed E-state index contributed by atoms with van der Waals surface area (Å²) in [5.41, 5.74) is 7.65. The molecule has 1 aromatic heterocycles. The number of nitrogens with two attached hydrogens (primary N) is 1. The molecule has 2 aromatic rings. The summed E-state index contributed by atoms with van der Waals surface area (Å²) < 4.78 is 4.88. The number of para-hydroxylation sites is 1. The van der Waals surface area contributed by atoms with Crippen molar-refractivity contribution in [3.8, 4) is 0 Å². The van der Waals surface area contributed by atoms with Crippen molar-refractivity contribution in [1.29, 1.82) is 0 Å². The van der Waals surface area contributed by atoms with E-state index in [0.717, 1.165) is 16.5 Å². The van der Waals surface area contributed by atoms with Crippen LogP contribution >= 0.6 is 0 Å². The van der Waals surface area contributed by atoms with Gasteiger partial charge < -0.3 is 10.5 Å². The molecule has 0 spiro atoms. The van der Waals surface area contributed by atoms with Crippen LogP contribution in [0.4, 0.5) is 0 Å². The summed E-state index contributed by atoms with van der Waals surface area (Å²) in [6.07, 6.45) is 2.19. The van der Waals surface area contributed by atoms with Gasteiger partial charge in [-0.1, -0.05) is 18.2 Å². The van der Waals surface area contributed by atoms with Gasteiger partial charge in [-0.25, -0.2) is 0 Å². The maximum Gasteiger partial charge on any atom is 0.323 e. The minimum atomic E-state index is -0.632. The standard InChI is InChI=1S/C14H16N2O2/c1-2-18-14(17)12(15)8-10-7-11-5-3-4-6-13(11)16-9-10/h3-7,9,12H,2,8,15H2,1H3/t12-/m0/s1. The summed E-state index contributed by atoms with van der Waals surface area (Å²) in [5.74, 6) is -0.370. The van der Waals surface area contributed by atoms with Crippen molar-refractivity contribution in [2.75, 3.05) is 6.61 Å². The van der Waals surface area contributed by atoms with Gasteiger partial charge in [0.25, 0.3) is 0 Å². The molecular weight excluding hydrogens is 228 g/mol. The van der Waals surface area contributed by atoms with Crippen molar-refractivity contribution in [3.05, 3.63) is 42.1 Å². The lowest BCUT2D eigenvalue weighted by Gasteiger charge is -2.10. The van der Waals surface area contributed by atoms with E-state index < -0.39 is 6.04 Å². The lowest BCUT2D eigenvalue weighted by atomic mass is 10.1. The second kappa shape index (κ2) is 5.60. The average Bonchev–Trinajstić information content (AvgIpc) is 2.39. The van der Waals surface area contributed by atoms with E-state index in [1.54, 1.807) is 13.1 Å². The molecule has 1 heterocycles. The maximum atomic E-state index is 11.4. The number of hydrogen-bond donors (Lipinski definition) is 1. The van der Waals surface area contributed by atoms with Crippen LogP contribution in [0.1, 0.15) is 12.5 Å². The number of benzene rings is 1. The van der Waals surface area contributed by atoms with Gasteiger partial charge in [0.05, 0.1) is 12.1 Å². The second-order valence-corrected chi connectivity index (χ2v) is 4.10. The van der Waals surface area contributed by atoms with Crippen LogP contribution in [0, 0.1) is 0 Å². The first kappa shape index (κ1) is 12.5. The minimum absolute atomic E-state index is 0.350. The highest BCUT2D eigenvalue weighted by molar-refractivity contribution is 5.79. The molecule has 0 aliphatic carbocycles. The van der Waals surface area contributed by atoms with E-state index >= 15 is 0 Å². The van der Waals surface area contributed by atoms with Gasteiger partial charge in [-0.2, -0.15) is 0 Å². The molecule has 0 fully saturated rings. The van der Waals surface area contributed by atoms with Crippen molar-refractivity contribution in [2.45, 2.75) is 19.4 Å². The zero-order chi connectivity index (χ0) is 13.0. The topological polar surface area (TPSA) is 65.2 Å². The maximum absolute atomic E-state index is 11.4. The van der Waals surface area contributed by atoms with Crippen LogP contribution < -0.4 is 5.73 Å². The summed E-state index contributed by atoms with van der Waals surface area (Å²) in [6.45, 7) is 2.12. The summed E-state index contributed by atoms with van der Waals surface area (Å²) in [6, 6.07) is 9.21. The third-order valence-electron chi connectivity index (χ3n) is 2.69. The quantitative estimate of drug-likeness (QED) is 0.831. The van der Waals surface area contributed by atoms with Gasteiger partial charge in [-0.3, -0.25) is 9.78 Å². The van der Waals surface area contributed by atoms with Gasteiger partial charge in [0, 0.05) is 11.6 Å². The van der Waals surface area contributed by atoms with Crippen LogP contribution in [0.25, 0.3) is 10.9 Å². The van der Waals surface area contributed by atoms with E-state index in [1.165, 1.54) is 0 Å². The van der Waals surface area contributed by atoms with Crippen LogP contribution in [-0.2, 0) is 16.0 Å². The highest BCUT2D eigenvalue weighted by atomic mass is 16.5. The first-order valence-corrected chi connectivity index (χ1v) is 5.96. The van der Waals surface area contributed by atoms with Crippen LogP contribution in [-0.4, -0.2) is 23.6 Å². The Morgan fingerprint density at radius 3 is 3.00 bits per heavy atom. The van der Waals surface area contributed by atoms with E-state index in [-0.39, 0.29) is 5.97 Å². The SMILES string of the molecule is CCOC(=O)[C@@H](N)Cc1cnc2ccccc2c1. The monoisotopic (exact) mass is 244 g/mol. The van der Waals surface area contributed by atoms with Crippen LogP contribution in [0.3, 0.4) is 0 Å². The molecule has 0 amide bonds. The molecule has 1 atom stereocenters. The van der Waals surface area contributed by atoms with Gasteiger partial charge in [0.2, 0.25) is 0 Å². The van der Waals surface area contributed by atoms with Crippen LogP contribution in [0.2, 0.25) is 0 Å².